The van der Waals surface area contributed by atoms with Gasteiger partial charge in [0.05, 0.1) is 34.3 Å². The van der Waals surface area contributed by atoms with Gasteiger partial charge in [-0.1, -0.05) is 30.3 Å². The molecule has 0 aliphatic rings. The molecule has 0 atom stereocenters. The van der Waals surface area contributed by atoms with Crippen LogP contribution in [-0.2, 0) is 11.3 Å². The summed E-state index contributed by atoms with van der Waals surface area (Å²) in [7, 11) is 0. The molecule has 1 N–H and O–H groups in total. The van der Waals surface area contributed by atoms with Gasteiger partial charge in [-0.2, -0.15) is 9.97 Å². The van der Waals surface area contributed by atoms with Crippen LogP contribution in [0.15, 0.2) is 65.7 Å². The molecule has 30 heavy (non-hydrogen) atoms. The van der Waals surface area contributed by atoms with Crippen molar-refractivity contribution in [1.82, 2.24) is 19.5 Å². The van der Waals surface area contributed by atoms with E-state index in [0.717, 1.165) is 0 Å². The van der Waals surface area contributed by atoms with Crippen LogP contribution < -0.4 is 15.6 Å². The molecule has 0 saturated carbocycles. The maximum Gasteiger partial charge on any atom is 0.322 e. The van der Waals surface area contributed by atoms with Gasteiger partial charge in [-0.05, 0) is 38.1 Å². The predicted molar refractivity (Wildman–Crippen MR) is 113 cm³/mol. The Kier molecular flexibility index (Phi) is 5.21. The number of hydrogen-bond acceptors (Lipinski definition) is 6. The molecular weight excluding hydrogens is 382 g/mol. The fraction of sp³-hybridized carbons (Fsp3) is 0.136. The Balaban J connectivity index is 1.52. The van der Waals surface area contributed by atoms with E-state index in [1.54, 1.807) is 44.2 Å². The fourth-order valence-corrected chi connectivity index (χ4v) is 3.06. The SMILES string of the molecule is Cc1nc(Oc2ccccc2)nc(C)c1NC(=O)Cn1cnc2ccccc2c1=O. The van der Waals surface area contributed by atoms with Crippen molar-refractivity contribution in [2.45, 2.75) is 20.4 Å². The van der Waals surface area contributed by atoms with Gasteiger partial charge in [-0.25, -0.2) is 4.98 Å². The van der Waals surface area contributed by atoms with Crippen LogP contribution in [-0.4, -0.2) is 25.4 Å². The summed E-state index contributed by atoms with van der Waals surface area (Å²) in [5.74, 6) is 0.247. The van der Waals surface area contributed by atoms with E-state index in [-0.39, 0.29) is 24.0 Å². The van der Waals surface area contributed by atoms with Crippen molar-refractivity contribution in [3.8, 4) is 11.8 Å². The predicted octanol–water partition coefficient (Wildman–Crippen LogP) is 3.23. The molecule has 0 unspecified atom stereocenters. The Morgan fingerprint density at radius 3 is 2.40 bits per heavy atom. The number of fused-ring (bicyclic) bond motifs is 1. The molecule has 0 fully saturated rings. The first-order chi connectivity index (χ1) is 14.5. The lowest BCUT2D eigenvalue weighted by Gasteiger charge is -2.13. The molecule has 8 heteroatoms. The van der Waals surface area contributed by atoms with Gasteiger partial charge in [0, 0.05) is 0 Å². The Labute approximate surface area is 172 Å². The Morgan fingerprint density at radius 1 is 1.00 bits per heavy atom. The number of carbonyl (C=O) groups is 1. The van der Waals surface area contributed by atoms with E-state index in [4.69, 9.17) is 4.74 Å². The highest BCUT2D eigenvalue weighted by atomic mass is 16.5. The highest BCUT2D eigenvalue weighted by Crippen LogP contribution is 2.23. The molecule has 150 valence electrons. The van der Waals surface area contributed by atoms with E-state index in [9.17, 15) is 9.59 Å². The molecule has 0 saturated heterocycles. The molecule has 4 rings (SSSR count). The van der Waals surface area contributed by atoms with Gasteiger partial charge in [0.25, 0.3) is 5.56 Å². The third-order valence-electron chi connectivity index (χ3n) is 4.51. The van der Waals surface area contributed by atoms with Crippen LogP contribution in [0.25, 0.3) is 10.9 Å². The number of amides is 1. The van der Waals surface area contributed by atoms with E-state index < -0.39 is 0 Å². The first-order valence-corrected chi connectivity index (χ1v) is 9.33. The van der Waals surface area contributed by atoms with Crippen LogP contribution in [0.2, 0.25) is 0 Å². The number of ether oxygens (including phenoxy) is 1. The van der Waals surface area contributed by atoms with Crippen molar-refractivity contribution in [3.05, 3.63) is 82.7 Å². The average molecular weight is 401 g/mol. The Bertz CT molecular complexity index is 1260. The first kappa shape index (κ1) is 19.3. The van der Waals surface area contributed by atoms with Crippen molar-refractivity contribution in [1.29, 1.82) is 0 Å². The maximum absolute atomic E-state index is 12.6. The number of aryl methyl sites for hydroxylation is 2. The summed E-state index contributed by atoms with van der Waals surface area (Å²) < 4.78 is 6.94. The lowest BCUT2D eigenvalue weighted by molar-refractivity contribution is -0.116. The zero-order chi connectivity index (χ0) is 21.1. The van der Waals surface area contributed by atoms with E-state index in [2.05, 4.69) is 20.3 Å². The van der Waals surface area contributed by atoms with Crippen LogP contribution >= 0.6 is 0 Å². The van der Waals surface area contributed by atoms with Gasteiger partial charge in [0.15, 0.2) is 0 Å². The number of nitrogens with zero attached hydrogens (tertiary/aromatic N) is 4. The molecule has 8 nitrogen and oxygen atoms in total. The van der Waals surface area contributed by atoms with Gasteiger partial charge in [-0.15, -0.1) is 0 Å². The summed E-state index contributed by atoms with van der Waals surface area (Å²) >= 11 is 0. The van der Waals surface area contributed by atoms with E-state index >= 15 is 0 Å². The summed E-state index contributed by atoms with van der Waals surface area (Å²) in [6.45, 7) is 3.34. The van der Waals surface area contributed by atoms with Crippen LogP contribution in [0.3, 0.4) is 0 Å². The van der Waals surface area contributed by atoms with E-state index in [1.807, 2.05) is 24.3 Å². The summed E-state index contributed by atoms with van der Waals surface area (Å²) in [6.07, 6.45) is 1.37. The minimum absolute atomic E-state index is 0.169. The smallest absolute Gasteiger partial charge is 0.322 e. The molecular formula is C22H19N5O3. The molecule has 0 spiro atoms. The monoisotopic (exact) mass is 401 g/mol. The van der Waals surface area contributed by atoms with Gasteiger partial charge >= 0.3 is 6.01 Å². The molecule has 2 heterocycles. The second kappa shape index (κ2) is 8.12. The fourth-order valence-electron chi connectivity index (χ4n) is 3.06. The van der Waals surface area contributed by atoms with Crippen LogP contribution in [0.1, 0.15) is 11.4 Å². The minimum atomic E-state index is -0.374. The van der Waals surface area contributed by atoms with Gasteiger partial charge in [0.1, 0.15) is 12.3 Å². The normalized spacial score (nSPS) is 10.7. The standard InChI is InChI=1S/C22H19N5O3/c1-14-20(15(2)25-22(24-14)30-16-8-4-3-5-9-16)26-19(28)12-27-13-23-18-11-7-6-10-17(18)21(27)29/h3-11,13H,12H2,1-2H3,(H,26,28). The highest BCUT2D eigenvalue weighted by molar-refractivity contribution is 5.91. The van der Waals surface area contributed by atoms with Crippen molar-refractivity contribution < 1.29 is 9.53 Å². The molecule has 2 aromatic carbocycles. The van der Waals surface area contributed by atoms with Crippen molar-refractivity contribution in [2.24, 2.45) is 0 Å². The summed E-state index contributed by atoms with van der Waals surface area (Å²) in [6, 6.07) is 16.4. The van der Waals surface area contributed by atoms with Crippen LogP contribution in [0.4, 0.5) is 5.69 Å². The summed E-state index contributed by atoms with van der Waals surface area (Å²) in [4.78, 5) is 38.0. The van der Waals surface area contributed by atoms with Crippen LogP contribution in [0.5, 0.6) is 11.8 Å². The molecule has 0 aliphatic carbocycles. The summed E-state index contributed by atoms with van der Waals surface area (Å²) in [5.41, 5.74) is 1.93. The third-order valence-corrected chi connectivity index (χ3v) is 4.51. The minimum Gasteiger partial charge on any atom is -0.424 e. The van der Waals surface area contributed by atoms with Gasteiger partial charge in [0.2, 0.25) is 5.91 Å². The Hall–Kier alpha value is -4.07. The zero-order valence-corrected chi connectivity index (χ0v) is 16.5. The first-order valence-electron chi connectivity index (χ1n) is 9.33. The van der Waals surface area contributed by atoms with E-state index in [1.165, 1.54) is 10.9 Å². The van der Waals surface area contributed by atoms with Crippen molar-refractivity contribution in [3.63, 3.8) is 0 Å². The third kappa shape index (κ3) is 4.02. The molecule has 1 amide bonds. The molecule has 0 aliphatic heterocycles. The van der Waals surface area contributed by atoms with Gasteiger partial charge < -0.3 is 10.1 Å². The quantitative estimate of drug-likeness (QED) is 0.551. The lowest BCUT2D eigenvalue weighted by atomic mass is 10.2. The molecule has 4 aromatic rings. The van der Waals surface area contributed by atoms with E-state index in [0.29, 0.717) is 33.7 Å². The average Bonchev–Trinajstić information content (AvgIpc) is 2.74. The second-order valence-electron chi connectivity index (χ2n) is 6.71. The van der Waals surface area contributed by atoms with Gasteiger partial charge in [-0.3, -0.25) is 14.2 Å². The molecule has 2 aromatic heterocycles. The Morgan fingerprint density at radius 2 is 1.67 bits per heavy atom. The highest BCUT2D eigenvalue weighted by Gasteiger charge is 2.14. The number of carbonyl (C=O) groups excluding carboxylic acids is 1. The summed E-state index contributed by atoms with van der Waals surface area (Å²) in [5, 5.41) is 3.25. The number of nitrogens with one attached hydrogen (secondary N) is 1. The lowest BCUT2D eigenvalue weighted by Crippen LogP contribution is -2.28. The second-order valence-corrected chi connectivity index (χ2v) is 6.71. The molecule has 0 bridgehead atoms. The van der Waals surface area contributed by atoms with Crippen molar-refractivity contribution >= 4 is 22.5 Å². The number of para-hydroxylation sites is 2. The largest absolute Gasteiger partial charge is 0.424 e. The van der Waals surface area contributed by atoms with Crippen LogP contribution in [0, 0.1) is 13.8 Å². The topological polar surface area (TPSA) is 99.0 Å². The number of rotatable bonds is 5. The number of hydrogen-bond donors (Lipinski definition) is 1. The number of anilines is 1. The number of benzene rings is 2. The zero-order valence-electron chi connectivity index (χ0n) is 16.5. The maximum atomic E-state index is 12.6. The number of aromatic nitrogens is 4. The van der Waals surface area contributed by atoms with Crippen molar-refractivity contribution in [2.75, 3.05) is 5.32 Å². The molecule has 0 radical (unpaired) electrons.